The molecule has 2 heterocycles. The summed E-state index contributed by atoms with van der Waals surface area (Å²) in [6, 6.07) is 17.8. The first kappa shape index (κ1) is 15.0. The van der Waals surface area contributed by atoms with Gasteiger partial charge in [-0.1, -0.05) is 60.3 Å². The zero-order chi connectivity index (χ0) is 16.5. The Labute approximate surface area is 143 Å². The molecular weight excluding hydrogens is 320 g/mol. The zero-order valence-corrected chi connectivity index (χ0v) is 14.0. The Morgan fingerprint density at radius 2 is 1.88 bits per heavy atom. The molecule has 1 N–H and O–H groups in total. The standard InChI is InChI=1S/C18H16N4OS/c1-12-19-15-10-6-5-9-14(15)16-17(23)20-18(21-22(12)16)24-11-13-7-3-2-4-8-13/h2-10,12H,11H2,1H3,(H,20,21,23). The van der Waals surface area contributed by atoms with Gasteiger partial charge in [-0.05, 0) is 18.6 Å². The van der Waals surface area contributed by atoms with E-state index in [-0.39, 0.29) is 12.1 Å². The summed E-state index contributed by atoms with van der Waals surface area (Å²) < 4.78 is 0. The third-order valence-electron chi connectivity index (χ3n) is 3.92. The first-order valence-corrected chi connectivity index (χ1v) is 8.74. The van der Waals surface area contributed by atoms with E-state index < -0.39 is 0 Å². The fourth-order valence-electron chi connectivity index (χ4n) is 2.78. The quantitative estimate of drug-likeness (QED) is 0.902. The number of carbonyl (C=O) groups excluding carboxylic acids is 1. The van der Waals surface area contributed by atoms with Gasteiger partial charge in [-0.25, -0.2) is 5.01 Å². The van der Waals surface area contributed by atoms with Gasteiger partial charge in [0.1, 0.15) is 11.9 Å². The van der Waals surface area contributed by atoms with E-state index in [4.69, 9.17) is 0 Å². The number of hydrogen-bond donors (Lipinski definition) is 1. The lowest BCUT2D eigenvalue weighted by Gasteiger charge is -2.32. The van der Waals surface area contributed by atoms with Gasteiger partial charge in [0.2, 0.25) is 0 Å². The number of benzene rings is 2. The smallest absolute Gasteiger partial charge is 0.276 e. The molecule has 2 aromatic rings. The number of thioether (sulfide) groups is 1. The minimum atomic E-state index is -0.201. The van der Waals surface area contributed by atoms with Gasteiger partial charge in [-0.3, -0.25) is 15.1 Å². The zero-order valence-electron chi connectivity index (χ0n) is 13.1. The molecule has 2 aromatic carbocycles. The Hall–Kier alpha value is -2.60. The van der Waals surface area contributed by atoms with Crippen LogP contribution in [0.25, 0.3) is 5.70 Å². The molecule has 2 aliphatic rings. The molecule has 4 rings (SSSR count). The second kappa shape index (κ2) is 6.13. The topological polar surface area (TPSA) is 57.1 Å². The Morgan fingerprint density at radius 3 is 2.71 bits per heavy atom. The number of nitrogens with one attached hydrogen (secondary N) is 1. The van der Waals surface area contributed by atoms with E-state index in [0.717, 1.165) is 16.3 Å². The minimum absolute atomic E-state index is 0.130. The number of rotatable bonds is 2. The van der Waals surface area contributed by atoms with Crippen molar-refractivity contribution in [1.29, 1.82) is 0 Å². The van der Waals surface area contributed by atoms with Gasteiger partial charge in [0.05, 0.1) is 5.36 Å². The van der Waals surface area contributed by atoms with Gasteiger partial charge in [0.15, 0.2) is 5.17 Å². The summed E-state index contributed by atoms with van der Waals surface area (Å²) in [6.45, 7) is 1.94. The molecule has 0 aromatic heterocycles. The van der Waals surface area contributed by atoms with Gasteiger partial charge in [-0.15, -0.1) is 5.10 Å². The van der Waals surface area contributed by atoms with Crippen molar-refractivity contribution in [3.8, 4) is 0 Å². The van der Waals surface area contributed by atoms with Gasteiger partial charge in [0, 0.05) is 11.0 Å². The number of nitrogens with zero attached hydrogens (tertiary/aromatic N) is 3. The summed E-state index contributed by atoms with van der Waals surface area (Å²) in [5.74, 6) is 0.625. The summed E-state index contributed by atoms with van der Waals surface area (Å²) in [6.07, 6.45) is -0.201. The Balaban J connectivity index is 1.66. The normalized spacial score (nSPS) is 19.0. The van der Waals surface area contributed by atoms with Crippen molar-refractivity contribution in [2.24, 2.45) is 10.1 Å². The van der Waals surface area contributed by atoms with E-state index in [1.54, 1.807) is 5.01 Å². The molecule has 6 heteroatoms. The molecule has 0 fully saturated rings. The number of carbonyl (C=O) groups is 1. The van der Waals surface area contributed by atoms with Crippen molar-refractivity contribution in [3.05, 3.63) is 70.7 Å². The van der Waals surface area contributed by atoms with Crippen LogP contribution in [0.15, 0.2) is 64.7 Å². The van der Waals surface area contributed by atoms with E-state index in [2.05, 4.69) is 27.5 Å². The highest BCUT2D eigenvalue weighted by Gasteiger charge is 2.31. The summed E-state index contributed by atoms with van der Waals surface area (Å²) in [5.41, 5.74) is 1.76. The Morgan fingerprint density at radius 1 is 1.12 bits per heavy atom. The van der Waals surface area contributed by atoms with Crippen molar-refractivity contribution in [3.63, 3.8) is 0 Å². The van der Waals surface area contributed by atoms with E-state index in [9.17, 15) is 4.79 Å². The minimum Gasteiger partial charge on any atom is -0.298 e. The fourth-order valence-corrected chi connectivity index (χ4v) is 3.59. The van der Waals surface area contributed by atoms with Crippen molar-refractivity contribution in [2.45, 2.75) is 18.8 Å². The average Bonchev–Trinajstić information content (AvgIpc) is 2.61. The van der Waals surface area contributed by atoms with Crippen molar-refractivity contribution in [2.75, 3.05) is 0 Å². The predicted octanol–water partition coefficient (Wildman–Crippen LogP) is 1.41. The van der Waals surface area contributed by atoms with Crippen LogP contribution in [0.2, 0.25) is 0 Å². The molecule has 0 bridgehead atoms. The average molecular weight is 336 g/mol. The largest absolute Gasteiger partial charge is 0.298 e. The monoisotopic (exact) mass is 336 g/mol. The maximum Gasteiger partial charge on any atom is 0.276 e. The molecule has 0 radical (unpaired) electrons. The molecule has 0 saturated carbocycles. The summed E-state index contributed by atoms with van der Waals surface area (Å²) >= 11 is 1.51. The van der Waals surface area contributed by atoms with E-state index in [1.165, 1.54) is 17.3 Å². The molecule has 5 nitrogen and oxygen atoms in total. The van der Waals surface area contributed by atoms with Crippen molar-refractivity contribution in [1.82, 2.24) is 10.3 Å². The van der Waals surface area contributed by atoms with Crippen LogP contribution in [0, 0.1) is 0 Å². The van der Waals surface area contributed by atoms with Crippen LogP contribution < -0.4 is 15.9 Å². The lowest BCUT2D eigenvalue weighted by molar-refractivity contribution is -0.116. The Kier molecular flexibility index (Phi) is 3.82. The SMILES string of the molecule is CC1N=c2ccccc2=C2C(=O)NC(SCc3ccccc3)=NN21. The predicted molar refractivity (Wildman–Crippen MR) is 95.2 cm³/mol. The summed E-state index contributed by atoms with van der Waals surface area (Å²) in [7, 11) is 0. The van der Waals surface area contributed by atoms with Crippen molar-refractivity contribution < 1.29 is 4.79 Å². The van der Waals surface area contributed by atoms with Crippen LogP contribution >= 0.6 is 11.8 Å². The van der Waals surface area contributed by atoms with E-state index in [0.29, 0.717) is 10.9 Å². The summed E-state index contributed by atoms with van der Waals surface area (Å²) in [5, 5.41) is 11.5. The van der Waals surface area contributed by atoms with Gasteiger partial charge in [0.25, 0.3) is 5.91 Å². The maximum absolute atomic E-state index is 12.6. The van der Waals surface area contributed by atoms with Gasteiger partial charge < -0.3 is 0 Å². The molecule has 120 valence electrons. The lowest BCUT2D eigenvalue weighted by atomic mass is 10.2. The number of amides is 1. The first-order valence-electron chi connectivity index (χ1n) is 7.75. The second-order valence-electron chi connectivity index (χ2n) is 5.60. The third kappa shape index (κ3) is 2.69. The highest BCUT2D eigenvalue weighted by molar-refractivity contribution is 8.13. The molecule has 2 aliphatic heterocycles. The second-order valence-corrected chi connectivity index (χ2v) is 6.57. The van der Waals surface area contributed by atoms with Crippen LogP contribution in [0.5, 0.6) is 0 Å². The van der Waals surface area contributed by atoms with Crippen molar-refractivity contribution >= 4 is 28.5 Å². The molecule has 1 unspecified atom stereocenters. The van der Waals surface area contributed by atoms with Gasteiger partial charge >= 0.3 is 0 Å². The van der Waals surface area contributed by atoms with E-state index in [1.807, 2.05) is 49.4 Å². The molecule has 0 saturated heterocycles. The number of hydrogen-bond acceptors (Lipinski definition) is 5. The molecular formula is C18H16N4OS. The van der Waals surface area contributed by atoms with E-state index >= 15 is 0 Å². The Bertz CT molecular complexity index is 939. The highest BCUT2D eigenvalue weighted by Crippen LogP contribution is 2.21. The molecule has 1 atom stereocenters. The maximum atomic E-state index is 12.6. The third-order valence-corrected chi connectivity index (χ3v) is 4.86. The van der Waals surface area contributed by atoms with Crippen LogP contribution in [-0.4, -0.2) is 22.2 Å². The van der Waals surface area contributed by atoms with Gasteiger partial charge in [-0.2, -0.15) is 0 Å². The summed E-state index contributed by atoms with van der Waals surface area (Å²) in [4.78, 5) is 17.3. The molecule has 0 spiro atoms. The lowest BCUT2D eigenvalue weighted by Crippen LogP contribution is -2.51. The highest BCUT2D eigenvalue weighted by atomic mass is 32.2. The van der Waals surface area contributed by atoms with Crippen LogP contribution in [0.4, 0.5) is 0 Å². The molecule has 0 aliphatic carbocycles. The van der Waals surface area contributed by atoms with Crippen LogP contribution in [-0.2, 0) is 10.5 Å². The van der Waals surface area contributed by atoms with Crippen LogP contribution in [0.1, 0.15) is 12.5 Å². The fraction of sp³-hybridized carbons (Fsp3) is 0.167. The number of hydrazone groups is 1. The molecule has 1 amide bonds. The number of amidine groups is 1. The van der Waals surface area contributed by atoms with Crippen LogP contribution in [0.3, 0.4) is 0 Å². The molecule has 24 heavy (non-hydrogen) atoms. The number of fused-ring (bicyclic) bond motifs is 2. The number of para-hydroxylation sites is 1. The first-order chi connectivity index (χ1) is 11.7.